The molecule has 30 heavy (non-hydrogen) atoms. The number of hydrogen-bond donors (Lipinski definition) is 0. The Balaban J connectivity index is 1.53. The number of sulfonamides is 1. The lowest BCUT2D eigenvalue weighted by atomic mass is 10.2. The third-order valence-electron chi connectivity index (χ3n) is 5.04. The Kier molecular flexibility index (Phi) is 5.48. The maximum atomic E-state index is 12.9. The molecule has 10 heteroatoms. The summed E-state index contributed by atoms with van der Waals surface area (Å²) in [6.07, 6.45) is 2.93. The lowest BCUT2D eigenvalue weighted by molar-refractivity contribution is 0.0695. The molecule has 2 aromatic heterocycles. The molecule has 0 atom stereocenters. The van der Waals surface area contributed by atoms with E-state index in [9.17, 15) is 18.0 Å². The summed E-state index contributed by atoms with van der Waals surface area (Å²) >= 11 is 3.29. The molecule has 1 aliphatic rings. The summed E-state index contributed by atoms with van der Waals surface area (Å²) in [5.74, 6) is -0.442. The number of pyridine rings is 1. The highest BCUT2D eigenvalue weighted by molar-refractivity contribution is 9.10. The molecule has 1 saturated heterocycles. The number of carbonyl (C=O) groups excluding carboxylic acids is 1. The van der Waals surface area contributed by atoms with E-state index < -0.39 is 21.5 Å². The molecule has 0 bridgehead atoms. The van der Waals surface area contributed by atoms with Gasteiger partial charge in [0.25, 0.3) is 11.5 Å². The molecule has 0 aliphatic carbocycles. The summed E-state index contributed by atoms with van der Waals surface area (Å²) in [7, 11) is -3.65. The van der Waals surface area contributed by atoms with Gasteiger partial charge in [0.15, 0.2) is 0 Å². The van der Waals surface area contributed by atoms with Crippen molar-refractivity contribution in [1.82, 2.24) is 18.6 Å². The zero-order chi connectivity index (χ0) is 21.5. The molecule has 0 saturated carbocycles. The fourth-order valence-electron chi connectivity index (χ4n) is 3.41. The third kappa shape index (κ3) is 3.78. The van der Waals surface area contributed by atoms with Crippen molar-refractivity contribution < 1.29 is 13.2 Å². The molecule has 0 unspecified atom stereocenters. The van der Waals surface area contributed by atoms with Crippen molar-refractivity contribution in [3.63, 3.8) is 0 Å². The Labute approximate surface area is 181 Å². The lowest BCUT2D eigenvalue weighted by Crippen LogP contribution is -2.51. The first-order chi connectivity index (χ1) is 14.3. The first-order valence-corrected chi connectivity index (χ1v) is 11.5. The summed E-state index contributed by atoms with van der Waals surface area (Å²) in [6.45, 7) is 2.56. The Morgan fingerprint density at radius 2 is 1.83 bits per heavy atom. The maximum absolute atomic E-state index is 12.9. The van der Waals surface area contributed by atoms with Crippen LogP contribution in [0.4, 0.5) is 0 Å². The second-order valence-electron chi connectivity index (χ2n) is 7.07. The highest BCUT2D eigenvalue weighted by Gasteiger charge is 2.31. The van der Waals surface area contributed by atoms with Gasteiger partial charge in [0.2, 0.25) is 10.0 Å². The van der Waals surface area contributed by atoms with Crippen molar-refractivity contribution in [2.75, 3.05) is 26.2 Å². The molecule has 0 spiro atoms. The third-order valence-corrected chi connectivity index (χ3v) is 7.43. The van der Waals surface area contributed by atoms with Crippen LogP contribution in [0.1, 0.15) is 15.9 Å². The van der Waals surface area contributed by atoms with Gasteiger partial charge in [-0.05, 0) is 36.8 Å². The number of amides is 1. The van der Waals surface area contributed by atoms with Gasteiger partial charge in [-0.1, -0.05) is 28.1 Å². The number of rotatable bonds is 3. The zero-order valence-electron chi connectivity index (χ0n) is 16.2. The first kappa shape index (κ1) is 20.7. The highest BCUT2D eigenvalue weighted by Crippen LogP contribution is 2.21. The van der Waals surface area contributed by atoms with Gasteiger partial charge in [0, 0.05) is 43.0 Å². The minimum Gasteiger partial charge on any atom is -0.336 e. The number of aryl methyl sites for hydroxylation is 1. The molecule has 0 radical (unpaired) electrons. The normalized spacial score (nSPS) is 15.5. The van der Waals surface area contributed by atoms with Crippen LogP contribution in [-0.4, -0.2) is 59.1 Å². The summed E-state index contributed by atoms with van der Waals surface area (Å²) in [5, 5.41) is 0. The minimum atomic E-state index is -3.65. The first-order valence-electron chi connectivity index (χ1n) is 9.30. The van der Waals surface area contributed by atoms with E-state index in [0.717, 1.165) is 5.56 Å². The maximum Gasteiger partial charge on any atom is 0.270 e. The monoisotopic (exact) mass is 490 g/mol. The number of aromatic nitrogens is 2. The average Bonchev–Trinajstić information content (AvgIpc) is 2.74. The van der Waals surface area contributed by atoms with Crippen LogP contribution < -0.4 is 5.56 Å². The van der Waals surface area contributed by atoms with E-state index in [-0.39, 0.29) is 36.6 Å². The van der Waals surface area contributed by atoms with Crippen molar-refractivity contribution in [3.8, 4) is 0 Å². The van der Waals surface area contributed by atoms with E-state index in [2.05, 4.69) is 20.9 Å². The summed E-state index contributed by atoms with van der Waals surface area (Å²) in [4.78, 5) is 31.6. The van der Waals surface area contributed by atoms with Crippen molar-refractivity contribution in [1.29, 1.82) is 0 Å². The standard InChI is InChI=1S/C20H19BrN4O4S/c1-14-5-6-18-22-12-17(20(27)25(18)13-14)19(26)23-7-9-24(10-8-23)30(28,29)16-4-2-3-15(21)11-16/h2-6,11-13H,7-10H2,1H3. The molecular formula is C20H19BrN4O4S. The fraction of sp³-hybridized carbons (Fsp3) is 0.250. The van der Waals surface area contributed by atoms with Crippen molar-refractivity contribution in [2.24, 2.45) is 0 Å². The second kappa shape index (κ2) is 7.93. The average molecular weight is 491 g/mol. The van der Waals surface area contributed by atoms with Gasteiger partial charge in [-0.3, -0.25) is 14.0 Å². The van der Waals surface area contributed by atoms with Crippen LogP contribution in [0.3, 0.4) is 0 Å². The molecule has 4 rings (SSSR count). The number of hydrogen-bond acceptors (Lipinski definition) is 5. The van der Waals surface area contributed by atoms with Gasteiger partial charge in [-0.15, -0.1) is 0 Å². The van der Waals surface area contributed by atoms with Crippen molar-refractivity contribution in [2.45, 2.75) is 11.8 Å². The molecule has 156 valence electrons. The molecular weight excluding hydrogens is 472 g/mol. The number of halogens is 1. The Bertz CT molecular complexity index is 1300. The molecule has 8 nitrogen and oxygen atoms in total. The van der Waals surface area contributed by atoms with Gasteiger partial charge in [0.1, 0.15) is 11.2 Å². The van der Waals surface area contributed by atoms with Crippen LogP contribution in [0.2, 0.25) is 0 Å². The number of piperazine rings is 1. The smallest absolute Gasteiger partial charge is 0.270 e. The topological polar surface area (TPSA) is 92.1 Å². The van der Waals surface area contributed by atoms with Gasteiger partial charge in [-0.2, -0.15) is 4.31 Å². The Morgan fingerprint density at radius 3 is 2.53 bits per heavy atom. The summed E-state index contributed by atoms with van der Waals surface area (Å²) in [6, 6.07) is 10.1. The van der Waals surface area contributed by atoms with Crippen LogP contribution in [0, 0.1) is 6.92 Å². The molecule has 3 aromatic rings. The van der Waals surface area contributed by atoms with E-state index in [1.165, 1.54) is 19.8 Å². The fourth-order valence-corrected chi connectivity index (χ4v) is 5.43. The van der Waals surface area contributed by atoms with Gasteiger partial charge in [-0.25, -0.2) is 13.4 Å². The number of carbonyl (C=O) groups is 1. The number of benzene rings is 1. The van der Waals surface area contributed by atoms with Gasteiger partial charge < -0.3 is 4.90 Å². The number of nitrogens with zero attached hydrogens (tertiary/aromatic N) is 4. The molecule has 1 amide bonds. The molecule has 3 heterocycles. The second-order valence-corrected chi connectivity index (χ2v) is 9.92. The van der Waals surface area contributed by atoms with Crippen LogP contribution in [0.5, 0.6) is 0 Å². The van der Waals surface area contributed by atoms with E-state index in [4.69, 9.17) is 0 Å². The zero-order valence-corrected chi connectivity index (χ0v) is 18.6. The van der Waals surface area contributed by atoms with Crippen molar-refractivity contribution in [3.05, 3.63) is 74.7 Å². The molecule has 1 aliphatic heterocycles. The van der Waals surface area contributed by atoms with Crippen LogP contribution in [0.15, 0.2) is 63.0 Å². The number of fused-ring (bicyclic) bond motifs is 1. The predicted octanol–water partition coefficient (Wildman–Crippen LogP) is 1.91. The lowest BCUT2D eigenvalue weighted by Gasteiger charge is -2.33. The van der Waals surface area contributed by atoms with Gasteiger partial charge >= 0.3 is 0 Å². The van der Waals surface area contributed by atoms with E-state index in [0.29, 0.717) is 10.1 Å². The minimum absolute atomic E-state index is 0.0265. The SMILES string of the molecule is Cc1ccc2ncc(C(=O)N3CCN(S(=O)(=O)c4cccc(Br)c4)CC3)c(=O)n2c1. The quantitative estimate of drug-likeness (QED) is 0.559. The summed E-state index contributed by atoms with van der Waals surface area (Å²) < 4.78 is 29.1. The largest absolute Gasteiger partial charge is 0.336 e. The molecule has 1 fully saturated rings. The Hall–Kier alpha value is -2.56. The van der Waals surface area contributed by atoms with Gasteiger partial charge in [0.05, 0.1) is 4.90 Å². The summed E-state index contributed by atoms with van der Waals surface area (Å²) in [5.41, 5.74) is 0.883. The highest BCUT2D eigenvalue weighted by atomic mass is 79.9. The molecule has 1 aromatic carbocycles. The van der Waals surface area contributed by atoms with Crippen LogP contribution >= 0.6 is 15.9 Å². The van der Waals surface area contributed by atoms with E-state index in [1.807, 2.05) is 13.0 Å². The van der Waals surface area contributed by atoms with Crippen LogP contribution in [-0.2, 0) is 10.0 Å². The van der Waals surface area contributed by atoms with E-state index >= 15 is 0 Å². The van der Waals surface area contributed by atoms with Crippen molar-refractivity contribution >= 4 is 37.5 Å². The molecule has 0 N–H and O–H groups in total. The predicted molar refractivity (Wildman–Crippen MR) is 115 cm³/mol. The van der Waals surface area contributed by atoms with Crippen LogP contribution in [0.25, 0.3) is 5.65 Å². The Morgan fingerprint density at radius 1 is 1.10 bits per heavy atom. The van der Waals surface area contributed by atoms with E-state index in [1.54, 1.807) is 36.5 Å².